The number of rotatable bonds is 7. The van der Waals surface area contributed by atoms with Gasteiger partial charge < -0.3 is 14.8 Å². The van der Waals surface area contributed by atoms with Crippen molar-refractivity contribution < 1.29 is 14.3 Å². The van der Waals surface area contributed by atoms with Crippen LogP contribution in [0.5, 0.6) is 5.75 Å². The molecule has 6 heteroatoms. The smallest absolute Gasteiger partial charge is 0.376 e. The van der Waals surface area contributed by atoms with Crippen molar-refractivity contribution in [2.24, 2.45) is 0 Å². The first-order valence-corrected chi connectivity index (χ1v) is 8.65. The van der Waals surface area contributed by atoms with Crippen molar-refractivity contribution in [3.05, 3.63) is 54.4 Å². The number of anilines is 2. The predicted octanol–water partition coefficient (Wildman–Crippen LogP) is 4.34. The highest BCUT2D eigenvalue weighted by atomic mass is 16.5. The topological polar surface area (TPSA) is 73.3 Å². The second-order valence-electron chi connectivity index (χ2n) is 5.63. The zero-order valence-electron chi connectivity index (χ0n) is 14.9. The summed E-state index contributed by atoms with van der Waals surface area (Å²) in [5.41, 5.74) is 1.52. The first kappa shape index (κ1) is 17.7. The highest BCUT2D eigenvalue weighted by Crippen LogP contribution is 2.25. The van der Waals surface area contributed by atoms with Gasteiger partial charge in [-0.15, -0.1) is 0 Å². The molecule has 0 atom stereocenters. The van der Waals surface area contributed by atoms with Gasteiger partial charge in [0.1, 0.15) is 11.6 Å². The number of nitrogens with zero attached hydrogens (tertiary/aromatic N) is 2. The molecule has 26 heavy (non-hydrogen) atoms. The first-order valence-electron chi connectivity index (χ1n) is 8.65. The van der Waals surface area contributed by atoms with Gasteiger partial charge in [0.25, 0.3) is 0 Å². The molecule has 3 aromatic rings. The van der Waals surface area contributed by atoms with Gasteiger partial charge in [-0.2, -0.15) is 0 Å². The average Bonchev–Trinajstić information content (AvgIpc) is 2.67. The number of carbonyl (C=O) groups is 1. The highest BCUT2D eigenvalue weighted by molar-refractivity contribution is 5.95. The fourth-order valence-electron chi connectivity index (χ4n) is 2.45. The van der Waals surface area contributed by atoms with E-state index in [1.165, 1.54) is 0 Å². The molecule has 134 valence electrons. The maximum absolute atomic E-state index is 12.0. The third-order valence-corrected chi connectivity index (χ3v) is 3.65. The molecule has 1 heterocycles. The monoisotopic (exact) mass is 351 g/mol. The molecule has 0 unspecified atom stereocenters. The highest BCUT2D eigenvalue weighted by Gasteiger charge is 2.15. The van der Waals surface area contributed by atoms with Crippen molar-refractivity contribution in [2.45, 2.75) is 20.3 Å². The fraction of sp³-hybridized carbons (Fsp3) is 0.250. The van der Waals surface area contributed by atoms with Gasteiger partial charge >= 0.3 is 5.97 Å². The van der Waals surface area contributed by atoms with E-state index in [1.54, 1.807) is 6.92 Å². The number of benzene rings is 2. The van der Waals surface area contributed by atoms with E-state index in [9.17, 15) is 4.79 Å². The number of fused-ring (bicyclic) bond motifs is 1. The number of para-hydroxylation sites is 1. The minimum absolute atomic E-state index is 0.0379. The van der Waals surface area contributed by atoms with Crippen LogP contribution in [-0.4, -0.2) is 29.2 Å². The summed E-state index contributed by atoms with van der Waals surface area (Å²) in [5.74, 6) is 0.874. The maximum Gasteiger partial charge on any atom is 0.376 e. The van der Waals surface area contributed by atoms with Crippen LogP contribution in [0.3, 0.4) is 0 Å². The van der Waals surface area contributed by atoms with Crippen molar-refractivity contribution in [3.8, 4) is 5.75 Å². The lowest BCUT2D eigenvalue weighted by Gasteiger charge is -2.11. The van der Waals surface area contributed by atoms with E-state index in [0.29, 0.717) is 17.9 Å². The summed E-state index contributed by atoms with van der Waals surface area (Å²) in [6.45, 7) is 4.78. The van der Waals surface area contributed by atoms with Crippen molar-refractivity contribution in [3.63, 3.8) is 0 Å². The number of nitrogens with one attached hydrogen (secondary N) is 1. The zero-order valence-corrected chi connectivity index (χ0v) is 14.9. The van der Waals surface area contributed by atoms with Crippen LogP contribution in [0.2, 0.25) is 0 Å². The van der Waals surface area contributed by atoms with Crippen LogP contribution in [0, 0.1) is 0 Å². The number of hydrogen-bond donors (Lipinski definition) is 1. The minimum Gasteiger partial charge on any atom is -0.494 e. The number of esters is 1. The Bertz CT molecular complexity index is 894. The molecule has 3 rings (SSSR count). The normalized spacial score (nSPS) is 10.5. The number of hydrogen-bond acceptors (Lipinski definition) is 6. The summed E-state index contributed by atoms with van der Waals surface area (Å²) in [7, 11) is 0. The first-order chi connectivity index (χ1) is 12.7. The zero-order chi connectivity index (χ0) is 18.4. The molecule has 0 radical (unpaired) electrons. The molecule has 1 N–H and O–H groups in total. The Morgan fingerprint density at radius 1 is 1.04 bits per heavy atom. The Morgan fingerprint density at radius 2 is 1.81 bits per heavy atom. The van der Waals surface area contributed by atoms with E-state index in [-0.39, 0.29) is 12.4 Å². The quantitative estimate of drug-likeness (QED) is 0.638. The van der Waals surface area contributed by atoms with Crippen LogP contribution >= 0.6 is 0 Å². The Labute approximate surface area is 152 Å². The largest absolute Gasteiger partial charge is 0.494 e. The van der Waals surface area contributed by atoms with Gasteiger partial charge in [0.2, 0.25) is 5.82 Å². The van der Waals surface area contributed by atoms with Crippen molar-refractivity contribution in [2.75, 3.05) is 18.5 Å². The molecule has 0 aliphatic rings. The predicted molar refractivity (Wildman–Crippen MR) is 101 cm³/mol. The van der Waals surface area contributed by atoms with Gasteiger partial charge in [-0.05, 0) is 49.7 Å². The van der Waals surface area contributed by atoms with Crippen LogP contribution in [0.15, 0.2) is 48.5 Å². The Hall–Kier alpha value is -3.15. The van der Waals surface area contributed by atoms with E-state index in [0.717, 1.165) is 23.2 Å². The third-order valence-electron chi connectivity index (χ3n) is 3.65. The SMILES string of the molecule is CCCOc1ccc(Nc2nc(C(=O)OCC)nc3ccccc23)cc1. The fourth-order valence-corrected chi connectivity index (χ4v) is 2.45. The van der Waals surface area contributed by atoms with Gasteiger partial charge in [-0.25, -0.2) is 14.8 Å². The van der Waals surface area contributed by atoms with Gasteiger partial charge in [0.05, 0.1) is 18.7 Å². The van der Waals surface area contributed by atoms with E-state index in [1.807, 2.05) is 48.5 Å². The summed E-state index contributed by atoms with van der Waals surface area (Å²) >= 11 is 0. The molecule has 0 bridgehead atoms. The van der Waals surface area contributed by atoms with Gasteiger partial charge in [0, 0.05) is 11.1 Å². The molecule has 6 nitrogen and oxygen atoms in total. The standard InChI is InChI=1S/C20H21N3O3/c1-3-13-26-15-11-9-14(10-12-15)21-18-16-7-5-6-8-17(16)22-19(23-18)20(24)25-4-2/h5-12H,3-4,13H2,1-2H3,(H,21,22,23). The second-order valence-corrected chi connectivity index (χ2v) is 5.63. The van der Waals surface area contributed by atoms with Gasteiger partial charge in [-0.1, -0.05) is 19.1 Å². The van der Waals surface area contributed by atoms with Crippen LogP contribution < -0.4 is 10.1 Å². The minimum atomic E-state index is -0.537. The van der Waals surface area contributed by atoms with Crippen LogP contribution in [-0.2, 0) is 4.74 Å². The average molecular weight is 351 g/mol. The van der Waals surface area contributed by atoms with Gasteiger partial charge in [-0.3, -0.25) is 0 Å². The number of carbonyl (C=O) groups excluding carboxylic acids is 1. The lowest BCUT2D eigenvalue weighted by atomic mass is 10.2. The van der Waals surface area contributed by atoms with Crippen molar-refractivity contribution >= 4 is 28.4 Å². The van der Waals surface area contributed by atoms with E-state index in [4.69, 9.17) is 9.47 Å². The lowest BCUT2D eigenvalue weighted by Crippen LogP contribution is -2.11. The molecule has 0 saturated carbocycles. The number of aromatic nitrogens is 2. The summed E-state index contributed by atoms with van der Waals surface area (Å²) in [6, 6.07) is 15.1. The Morgan fingerprint density at radius 3 is 2.54 bits per heavy atom. The molecule has 0 fully saturated rings. The van der Waals surface area contributed by atoms with Crippen molar-refractivity contribution in [1.82, 2.24) is 9.97 Å². The lowest BCUT2D eigenvalue weighted by molar-refractivity contribution is 0.0512. The summed E-state index contributed by atoms with van der Waals surface area (Å²) in [4.78, 5) is 20.7. The molecule has 0 spiro atoms. The molecule has 0 aliphatic heterocycles. The van der Waals surface area contributed by atoms with Crippen LogP contribution in [0.4, 0.5) is 11.5 Å². The summed E-state index contributed by atoms with van der Waals surface area (Å²) < 4.78 is 10.6. The van der Waals surface area contributed by atoms with Gasteiger partial charge in [0.15, 0.2) is 0 Å². The summed E-state index contributed by atoms with van der Waals surface area (Å²) in [5, 5.41) is 4.08. The van der Waals surface area contributed by atoms with Crippen LogP contribution in [0.25, 0.3) is 10.9 Å². The second kappa shape index (κ2) is 8.29. The molecule has 1 aromatic heterocycles. The molecule has 2 aromatic carbocycles. The van der Waals surface area contributed by atoms with Crippen LogP contribution in [0.1, 0.15) is 30.9 Å². The maximum atomic E-state index is 12.0. The molecular formula is C20H21N3O3. The van der Waals surface area contributed by atoms with Crippen molar-refractivity contribution in [1.29, 1.82) is 0 Å². The molecule has 0 saturated heterocycles. The Kier molecular flexibility index (Phi) is 5.63. The third kappa shape index (κ3) is 4.08. The number of ether oxygens (including phenoxy) is 2. The molecular weight excluding hydrogens is 330 g/mol. The van der Waals surface area contributed by atoms with E-state index in [2.05, 4.69) is 22.2 Å². The summed E-state index contributed by atoms with van der Waals surface area (Å²) in [6.07, 6.45) is 0.962. The molecule has 0 aliphatic carbocycles. The van der Waals surface area contributed by atoms with E-state index < -0.39 is 5.97 Å². The Balaban J connectivity index is 1.91. The van der Waals surface area contributed by atoms with E-state index >= 15 is 0 Å². The molecule has 0 amide bonds.